The van der Waals surface area contributed by atoms with E-state index in [1.54, 1.807) is 6.07 Å². The zero-order valence-corrected chi connectivity index (χ0v) is 13.2. The molecule has 0 spiro atoms. The van der Waals surface area contributed by atoms with Gasteiger partial charge in [0.2, 0.25) is 5.91 Å². The number of likely N-dealkylation sites (N-methyl/N-ethyl adjacent to an activating group) is 1. The number of hydrogen-bond acceptors (Lipinski definition) is 1. The molecule has 0 N–H and O–H groups in total. The van der Waals surface area contributed by atoms with E-state index in [9.17, 15) is 9.18 Å². The van der Waals surface area contributed by atoms with E-state index in [4.69, 9.17) is 0 Å². The third-order valence-electron chi connectivity index (χ3n) is 6.26. The van der Waals surface area contributed by atoms with Crippen LogP contribution in [0.1, 0.15) is 37.7 Å². The van der Waals surface area contributed by atoms with E-state index >= 15 is 0 Å². The Morgan fingerprint density at radius 2 is 1.77 bits per heavy atom. The number of halogens is 1. The summed E-state index contributed by atoms with van der Waals surface area (Å²) in [7, 11) is 1.97. The standard InChI is InChI=1S/C19H24FNO/c1-21(18(22)11-12-3-2-4-17(20)10-12)19-15-6-13-5-14(8-15)9-16(19)7-13/h2-4,10,13-16,19H,5-9,11H2,1H3. The monoisotopic (exact) mass is 301 g/mol. The molecule has 5 rings (SSSR count). The topological polar surface area (TPSA) is 20.3 Å². The molecule has 4 fully saturated rings. The Hall–Kier alpha value is -1.38. The Morgan fingerprint density at radius 3 is 2.36 bits per heavy atom. The molecule has 4 bridgehead atoms. The van der Waals surface area contributed by atoms with Crippen LogP contribution in [-0.2, 0) is 11.2 Å². The van der Waals surface area contributed by atoms with Gasteiger partial charge in [0, 0.05) is 13.1 Å². The van der Waals surface area contributed by atoms with E-state index in [2.05, 4.69) is 0 Å². The zero-order chi connectivity index (χ0) is 15.3. The van der Waals surface area contributed by atoms with Crippen LogP contribution in [0.25, 0.3) is 0 Å². The molecule has 0 radical (unpaired) electrons. The van der Waals surface area contributed by atoms with Gasteiger partial charge in [0.25, 0.3) is 0 Å². The number of amides is 1. The van der Waals surface area contributed by atoms with Gasteiger partial charge >= 0.3 is 0 Å². The first-order chi connectivity index (χ1) is 10.6. The van der Waals surface area contributed by atoms with E-state index in [0.29, 0.717) is 24.3 Å². The normalized spacial score (nSPS) is 35.6. The summed E-state index contributed by atoms with van der Waals surface area (Å²) in [6, 6.07) is 6.85. The van der Waals surface area contributed by atoms with Gasteiger partial charge in [-0.25, -0.2) is 4.39 Å². The van der Waals surface area contributed by atoms with Gasteiger partial charge in [-0.2, -0.15) is 0 Å². The number of rotatable bonds is 3. The van der Waals surface area contributed by atoms with E-state index in [0.717, 1.165) is 17.4 Å². The summed E-state index contributed by atoms with van der Waals surface area (Å²) < 4.78 is 13.3. The highest BCUT2D eigenvalue weighted by molar-refractivity contribution is 5.79. The molecule has 118 valence electrons. The first-order valence-corrected chi connectivity index (χ1v) is 8.60. The van der Waals surface area contributed by atoms with Gasteiger partial charge in [-0.05, 0) is 73.5 Å². The molecule has 1 aromatic rings. The van der Waals surface area contributed by atoms with Crippen LogP contribution in [0.2, 0.25) is 0 Å². The molecular formula is C19H24FNO. The highest BCUT2D eigenvalue weighted by Crippen LogP contribution is 2.54. The SMILES string of the molecule is CN(C(=O)Cc1cccc(F)c1)C1C2CC3CC(C2)CC1C3. The van der Waals surface area contributed by atoms with Crippen LogP contribution in [0, 0.1) is 29.5 Å². The summed E-state index contributed by atoms with van der Waals surface area (Å²) in [6.45, 7) is 0. The third kappa shape index (κ3) is 2.45. The largest absolute Gasteiger partial charge is 0.342 e. The van der Waals surface area contributed by atoms with Crippen LogP contribution in [0.3, 0.4) is 0 Å². The van der Waals surface area contributed by atoms with E-state index in [1.807, 2.05) is 18.0 Å². The summed E-state index contributed by atoms with van der Waals surface area (Å²) >= 11 is 0. The quantitative estimate of drug-likeness (QED) is 0.834. The second-order valence-electron chi connectivity index (χ2n) is 7.73. The second-order valence-corrected chi connectivity index (χ2v) is 7.73. The molecule has 0 heterocycles. The molecule has 0 atom stereocenters. The van der Waals surface area contributed by atoms with Gasteiger partial charge in [0.15, 0.2) is 0 Å². The number of carbonyl (C=O) groups is 1. The minimum absolute atomic E-state index is 0.142. The molecule has 0 unspecified atom stereocenters. The molecule has 4 saturated carbocycles. The van der Waals surface area contributed by atoms with Crippen LogP contribution in [0.5, 0.6) is 0 Å². The smallest absolute Gasteiger partial charge is 0.227 e. The first kappa shape index (κ1) is 14.2. The minimum atomic E-state index is -0.262. The van der Waals surface area contributed by atoms with Crippen LogP contribution in [0.15, 0.2) is 24.3 Å². The van der Waals surface area contributed by atoms with Gasteiger partial charge in [-0.3, -0.25) is 4.79 Å². The van der Waals surface area contributed by atoms with Crippen molar-refractivity contribution in [3.05, 3.63) is 35.6 Å². The Kier molecular flexibility index (Phi) is 3.47. The molecule has 0 aromatic heterocycles. The fourth-order valence-electron chi connectivity index (χ4n) is 5.64. The Morgan fingerprint density at radius 1 is 1.14 bits per heavy atom. The van der Waals surface area contributed by atoms with E-state index < -0.39 is 0 Å². The predicted octanol–water partition coefficient (Wildman–Crippen LogP) is 3.65. The number of nitrogens with zero attached hydrogens (tertiary/aromatic N) is 1. The molecule has 1 amide bonds. The molecule has 2 nitrogen and oxygen atoms in total. The van der Waals surface area contributed by atoms with Crippen molar-refractivity contribution >= 4 is 5.91 Å². The van der Waals surface area contributed by atoms with Gasteiger partial charge < -0.3 is 4.90 Å². The third-order valence-corrected chi connectivity index (χ3v) is 6.26. The van der Waals surface area contributed by atoms with Gasteiger partial charge in [-0.15, -0.1) is 0 Å². The summed E-state index contributed by atoms with van der Waals surface area (Å²) in [6.07, 6.45) is 7.01. The van der Waals surface area contributed by atoms with Crippen molar-refractivity contribution in [3.8, 4) is 0 Å². The number of carbonyl (C=O) groups excluding carboxylic acids is 1. The maximum absolute atomic E-state index is 13.3. The van der Waals surface area contributed by atoms with Crippen molar-refractivity contribution in [1.82, 2.24) is 4.90 Å². The maximum Gasteiger partial charge on any atom is 0.227 e. The highest BCUT2D eigenvalue weighted by Gasteiger charge is 2.50. The maximum atomic E-state index is 13.3. The lowest BCUT2D eigenvalue weighted by Gasteiger charge is -2.56. The first-order valence-electron chi connectivity index (χ1n) is 8.60. The summed E-state index contributed by atoms with van der Waals surface area (Å²) in [5.74, 6) is 3.14. The van der Waals surface area contributed by atoms with Crippen molar-refractivity contribution in [1.29, 1.82) is 0 Å². The van der Waals surface area contributed by atoms with Crippen molar-refractivity contribution in [3.63, 3.8) is 0 Å². The van der Waals surface area contributed by atoms with E-state index in [1.165, 1.54) is 44.2 Å². The Balaban J connectivity index is 1.47. The fraction of sp³-hybridized carbons (Fsp3) is 0.632. The van der Waals surface area contributed by atoms with Gasteiger partial charge in [-0.1, -0.05) is 12.1 Å². The highest BCUT2D eigenvalue weighted by atomic mass is 19.1. The van der Waals surface area contributed by atoms with Crippen molar-refractivity contribution in [2.45, 2.75) is 44.6 Å². The van der Waals surface area contributed by atoms with Gasteiger partial charge in [0.1, 0.15) is 5.82 Å². The predicted molar refractivity (Wildman–Crippen MR) is 83.7 cm³/mol. The second kappa shape index (κ2) is 5.36. The Labute approximate surface area is 131 Å². The van der Waals surface area contributed by atoms with Crippen LogP contribution >= 0.6 is 0 Å². The van der Waals surface area contributed by atoms with Crippen LogP contribution < -0.4 is 0 Å². The summed E-state index contributed by atoms with van der Waals surface area (Å²) in [5, 5.41) is 0. The average molecular weight is 301 g/mol. The lowest BCUT2D eigenvalue weighted by Crippen LogP contribution is -2.56. The lowest BCUT2D eigenvalue weighted by atomic mass is 9.54. The van der Waals surface area contributed by atoms with Crippen molar-refractivity contribution in [2.75, 3.05) is 7.05 Å². The number of benzene rings is 1. The number of hydrogen-bond donors (Lipinski definition) is 0. The van der Waals surface area contributed by atoms with Crippen LogP contribution in [0.4, 0.5) is 4.39 Å². The molecule has 0 aliphatic heterocycles. The zero-order valence-electron chi connectivity index (χ0n) is 13.2. The summed E-state index contributed by atoms with van der Waals surface area (Å²) in [4.78, 5) is 14.6. The molecular weight excluding hydrogens is 277 g/mol. The molecule has 4 aliphatic carbocycles. The fourth-order valence-corrected chi connectivity index (χ4v) is 5.64. The van der Waals surface area contributed by atoms with Crippen LogP contribution in [-0.4, -0.2) is 23.9 Å². The molecule has 1 aromatic carbocycles. The lowest BCUT2D eigenvalue weighted by molar-refractivity contribution is -0.140. The molecule has 22 heavy (non-hydrogen) atoms. The summed E-state index contributed by atoms with van der Waals surface area (Å²) in [5.41, 5.74) is 0.778. The molecule has 0 saturated heterocycles. The molecule has 3 heteroatoms. The average Bonchev–Trinajstić information content (AvgIpc) is 2.45. The molecule has 4 aliphatic rings. The minimum Gasteiger partial charge on any atom is -0.342 e. The van der Waals surface area contributed by atoms with Crippen molar-refractivity contribution in [2.24, 2.45) is 23.7 Å². The van der Waals surface area contributed by atoms with Crippen molar-refractivity contribution < 1.29 is 9.18 Å². The van der Waals surface area contributed by atoms with Gasteiger partial charge in [0.05, 0.1) is 6.42 Å². The Bertz CT molecular complexity index is 557. The van der Waals surface area contributed by atoms with E-state index in [-0.39, 0.29) is 11.7 Å².